The molecule has 0 fully saturated rings. The van der Waals surface area contributed by atoms with Gasteiger partial charge < -0.3 is 10.1 Å². The zero-order valence-corrected chi connectivity index (χ0v) is 12.1. The van der Waals surface area contributed by atoms with E-state index in [1.165, 1.54) is 0 Å². The van der Waals surface area contributed by atoms with Gasteiger partial charge in [0.05, 0.1) is 18.3 Å². The molecule has 0 aromatic carbocycles. The first-order valence-electron chi connectivity index (χ1n) is 7.06. The second kappa shape index (κ2) is 8.27. The molecule has 0 spiro atoms. The van der Waals surface area contributed by atoms with Gasteiger partial charge in [-0.2, -0.15) is 5.10 Å². The van der Waals surface area contributed by atoms with Crippen LogP contribution in [0.4, 0.5) is 0 Å². The van der Waals surface area contributed by atoms with E-state index in [4.69, 9.17) is 4.74 Å². The molecule has 18 heavy (non-hydrogen) atoms. The summed E-state index contributed by atoms with van der Waals surface area (Å²) in [5, 5.41) is 8.04. The number of aromatic nitrogens is 2. The number of ether oxygens (including phenoxy) is 1. The molecule has 1 atom stereocenters. The molecule has 0 radical (unpaired) electrons. The monoisotopic (exact) mass is 253 g/mol. The summed E-state index contributed by atoms with van der Waals surface area (Å²) < 4.78 is 7.46. The molecule has 1 N–H and O–H groups in total. The Balaban J connectivity index is 2.39. The van der Waals surface area contributed by atoms with Gasteiger partial charge in [-0.15, -0.1) is 0 Å². The Hall–Kier alpha value is -0.870. The molecule has 0 aliphatic carbocycles. The van der Waals surface area contributed by atoms with Crippen LogP contribution in [-0.4, -0.2) is 29.0 Å². The van der Waals surface area contributed by atoms with Crippen molar-refractivity contribution < 1.29 is 4.74 Å². The molecule has 104 valence electrons. The van der Waals surface area contributed by atoms with Crippen molar-refractivity contribution in [3.8, 4) is 0 Å². The van der Waals surface area contributed by atoms with Crippen LogP contribution in [0.3, 0.4) is 0 Å². The predicted octanol–water partition coefficient (Wildman–Crippen LogP) is 2.76. The highest BCUT2D eigenvalue weighted by Crippen LogP contribution is 2.14. The smallest absolute Gasteiger partial charge is 0.0762 e. The first kappa shape index (κ1) is 15.2. The summed E-state index contributed by atoms with van der Waals surface area (Å²) in [5.74, 6) is 0. The lowest BCUT2D eigenvalue weighted by Gasteiger charge is -2.13. The Morgan fingerprint density at radius 1 is 1.33 bits per heavy atom. The second-order valence-electron chi connectivity index (χ2n) is 4.70. The Labute approximate surface area is 111 Å². The first-order valence-corrected chi connectivity index (χ1v) is 7.06. The fraction of sp³-hybridized carbons (Fsp3) is 0.786. The zero-order valence-electron chi connectivity index (χ0n) is 12.1. The lowest BCUT2D eigenvalue weighted by molar-refractivity contribution is 0.127. The minimum absolute atomic E-state index is 0.364. The minimum Gasteiger partial charge on any atom is -0.380 e. The van der Waals surface area contributed by atoms with Gasteiger partial charge in [0.15, 0.2) is 0 Å². The lowest BCUT2D eigenvalue weighted by atomic mass is 10.2. The lowest BCUT2D eigenvalue weighted by Crippen LogP contribution is -2.30. The average Bonchev–Trinajstić information content (AvgIpc) is 2.84. The third-order valence-electron chi connectivity index (χ3n) is 3.18. The third-order valence-corrected chi connectivity index (χ3v) is 3.18. The molecule has 0 aliphatic rings. The molecule has 1 aromatic rings. The van der Waals surface area contributed by atoms with E-state index in [0.29, 0.717) is 12.1 Å². The summed E-state index contributed by atoms with van der Waals surface area (Å²) >= 11 is 0. The van der Waals surface area contributed by atoms with Gasteiger partial charge in [0.2, 0.25) is 0 Å². The van der Waals surface area contributed by atoms with Gasteiger partial charge in [0.1, 0.15) is 0 Å². The van der Waals surface area contributed by atoms with Crippen molar-refractivity contribution in [1.29, 1.82) is 0 Å². The van der Waals surface area contributed by atoms with Gasteiger partial charge >= 0.3 is 0 Å². The minimum atomic E-state index is 0.364. The average molecular weight is 253 g/mol. The van der Waals surface area contributed by atoms with E-state index < -0.39 is 0 Å². The van der Waals surface area contributed by atoms with Crippen LogP contribution in [0.25, 0.3) is 0 Å². The van der Waals surface area contributed by atoms with Crippen molar-refractivity contribution in [2.75, 3.05) is 13.2 Å². The van der Waals surface area contributed by atoms with Crippen LogP contribution < -0.4 is 5.32 Å². The quantitative estimate of drug-likeness (QED) is 0.735. The molecule has 4 nitrogen and oxygen atoms in total. The highest BCUT2D eigenvalue weighted by atomic mass is 16.5. The van der Waals surface area contributed by atoms with Gasteiger partial charge in [-0.05, 0) is 32.8 Å². The van der Waals surface area contributed by atoms with E-state index in [2.05, 4.69) is 48.1 Å². The highest BCUT2D eigenvalue weighted by Gasteiger charge is 2.08. The number of nitrogens with zero attached hydrogens (tertiary/aromatic N) is 2. The SMILES string of the molecule is CCOCC(C)NCc1ccn(C(CC)CC)n1. The first-order chi connectivity index (χ1) is 8.71. The molecule has 0 amide bonds. The van der Waals surface area contributed by atoms with Gasteiger partial charge in [-0.1, -0.05) is 13.8 Å². The number of hydrogen-bond donors (Lipinski definition) is 1. The Bertz CT molecular complexity index is 321. The van der Waals surface area contributed by atoms with Crippen molar-refractivity contribution in [2.24, 2.45) is 0 Å². The molecule has 1 aromatic heterocycles. The van der Waals surface area contributed by atoms with Crippen LogP contribution in [0.2, 0.25) is 0 Å². The second-order valence-corrected chi connectivity index (χ2v) is 4.70. The number of rotatable bonds is 9. The van der Waals surface area contributed by atoms with Gasteiger partial charge in [0, 0.05) is 25.4 Å². The summed E-state index contributed by atoms with van der Waals surface area (Å²) in [6.45, 7) is 10.9. The third kappa shape index (κ3) is 4.78. The van der Waals surface area contributed by atoms with Crippen LogP contribution in [0.1, 0.15) is 52.3 Å². The van der Waals surface area contributed by atoms with Crippen molar-refractivity contribution >= 4 is 0 Å². The summed E-state index contributed by atoms with van der Waals surface area (Å²) in [4.78, 5) is 0. The van der Waals surface area contributed by atoms with Crippen molar-refractivity contribution in [2.45, 2.75) is 59.2 Å². The molecule has 0 aliphatic heterocycles. The van der Waals surface area contributed by atoms with E-state index in [-0.39, 0.29) is 0 Å². The highest BCUT2D eigenvalue weighted by molar-refractivity contribution is 4.99. The molecule has 0 saturated heterocycles. The standard InChI is InChI=1S/C14H27N3O/c1-5-14(6-2)17-9-8-13(16-17)10-15-12(4)11-18-7-3/h8-9,12,14-15H,5-7,10-11H2,1-4H3. The summed E-state index contributed by atoms with van der Waals surface area (Å²) in [6.07, 6.45) is 4.35. The van der Waals surface area contributed by atoms with Crippen LogP contribution in [0.5, 0.6) is 0 Å². The Kier molecular flexibility index (Phi) is 6.98. The fourth-order valence-corrected chi connectivity index (χ4v) is 1.97. The number of hydrogen-bond acceptors (Lipinski definition) is 3. The number of nitrogens with one attached hydrogen (secondary N) is 1. The van der Waals surface area contributed by atoms with Gasteiger partial charge in [-0.25, -0.2) is 0 Å². The summed E-state index contributed by atoms with van der Waals surface area (Å²) in [7, 11) is 0. The normalized spacial score (nSPS) is 13.2. The van der Waals surface area contributed by atoms with E-state index >= 15 is 0 Å². The van der Waals surface area contributed by atoms with E-state index in [1.807, 2.05) is 6.92 Å². The molecular formula is C14H27N3O. The molecule has 0 saturated carbocycles. The summed E-state index contributed by atoms with van der Waals surface area (Å²) in [6, 6.07) is 2.99. The maximum Gasteiger partial charge on any atom is 0.0762 e. The molecule has 1 rings (SSSR count). The Morgan fingerprint density at radius 2 is 2.06 bits per heavy atom. The van der Waals surface area contributed by atoms with E-state index in [9.17, 15) is 0 Å². The van der Waals surface area contributed by atoms with E-state index in [1.54, 1.807) is 0 Å². The molecule has 1 heterocycles. The van der Waals surface area contributed by atoms with Crippen LogP contribution in [0, 0.1) is 0 Å². The maximum absolute atomic E-state index is 5.37. The molecule has 0 bridgehead atoms. The van der Waals surface area contributed by atoms with E-state index in [0.717, 1.165) is 38.3 Å². The predicted molar refractivity (Wildman–Crippen MR) is 74.6 cm³/mol. The Morgan fingerprint density at radius 3 is 2.67 bits per heavy atom. The topological polar surface area (TPSA) is 39.1 Å². The van der Waals surface area contributed by atoms with Crippen LogP contribution in [-0.2, 0) is 11.3 Å². The molecule has 1 unspecified atom stereocenters. The summed E-state index contributed by atoms with van der Waals surface area (Å²) in [5.41, 5.74) is 1.10. The van der Waals surface area contributed by atoms with Crippen molar-refractivity contribution in [3.05, 3.63) is 18.0 Å². The zero-order chi connectivity index (χ0) is 13.4. The van der Waals surface area contributed by atoms with Gasteiger partial charge in [0.25, 0.3) is 0 Å². The van der Waals surface area contributed by atoms with Crippen LogP contribution in [0.15, 0.2) is 12.3 Å². The molecule has 4 heteroatoms. The fourth-order valence-electron chi connectivity index (χ4n) is 1.97. The van der Waals surface area contributed by atoms with Crippen molar-refractivity contribution in [1.82, 2.24) is 15.1 Å². The largest absolute Gasteiger partial charge is 0.380 e. The maximum atomic E-state index is 5.37. The van der Waals surface area contributed by atoms with Crippen LogP contribution >= 0.6 is 0 Å². The van der Waals surface area contributed by atoms with Crippen molar-refractivity contribution in [3.63, 3.8) is 0 Å². The van der Waals surface area contributed by atoms with Gasteiger partial charge in [-0.3, -0.25) is 4.68 Å². The molecular weight excluding hydrogens is 226 g/mol.